The molecule has 0 spiro atoms. The molecule has 84 valence electrons. The van der Waals surface area contributed by atoms with E-state index in [1.54, 1.807) is 23.9 Å². The molecule has 5 heteroatoms. The van der Waals surface area contributed by atoms with Crippen molar-refractivity contribution < 1.29 is 4.79 Å². The number of carbonyl (C=O) groups is 1. The quantitative estimate of drug-likeness (QED) is 0.806. The van der Waals surface area contributed by atoms with Gasteiger partial charge in [-0.25, -0.2) is 4.68 Å². The van der Waals surface area contributed by atoms with Gasteiger partial charge in [-0.1, -0.05) is 6.92 Å². The lowest BCUT2D eigenvalue weighted by Gasteiger charge is -2.14. The Morgan fingerprint density at radius 3 is 2.87 bits per heavy atom. The monoisotopic (exact) mass is 229 g/mol. The van der Waals surface area contributed by atoms with Crippen LogP contribution in [0.4, 0.5) is 5.82 Å². The zero-order chi connectivity index (χ0) is 11.4. The first-order chi connectivity index (χ1) is 7.06. The van der Waals surface area contributed by atoms with Gasteiger partial charge in [-0.05, 0) is 20.3 Å². The first-order valence-corrected chi connectivity index (χ1v) is 5.48. The lowest BCUT2D eigenvalue weighted by Crippen LogP contribution is -2.23. The number of alkyl halides is 1. The minimum Gasteiger partial charge on any atom is -0.310 e. The Bertz CT molecular complexity index is 335. The van der Waals surface area contributed by atoms with E-state index in [9.17, 15) is 4.79 Å². The third-order valence-electron chi connectivity index (χ3n) is 2.29. The summed E-state index contributed by atoms with van der Waals surface area (Å²) in [4.78, 5) is 11.4. The largest absolute Gasteiger partial charge is 0.310 e. The van der Waals surface area contributed by atoms with Crippen LogP contribution >= 0.6 is 11.6 Å². The summed E-state index contributed by atoms with van der Waals surface area (Å²) in [5, 5.41) is 6.36. The van der Waals surface area contributed by atoms with Crippen molar-refractivity contribution in [3.05, 3.63) is 12.3 Å². The number of amides is 1. The number of aromatic nitrogens is 2. The lowest BCUT2D eigenvalue weighted by molar-refractivity contribution is -0.115. The molecular weight excluding hydrogens is 214 g/mol. The second-order valence-electron chi connectivity index (χ2n) is 3.52. The van der Waals surface area contributed by atoms with Crippen molar-refractivity contribution in [2.75, 3.05) is 5.32 Å². The number of halogens is 1. The van der Waals surface area contributed by atoms with Crippen molar-refractivity contribution in [1.82, 2.24) is 9.78 Å². The van der Waals surface area contributed by atoms with Crippen LogP contribution in [0.1, 0.15) is 33.2 Å². The molecule has 0 aromatic carbocycles. The fourth-order valence-corrected chi connectivity index (χ4v) is 1.22. The van der Waals surface area contributed by atoms with Gasteiger partial charge in [-0.15, -0.1) is 11.6 Å². The highest BCUT2D eigenvalue weighted by molar-refractivity contribution is 6.32. The van der Waals surface area contributed by atoms with Gasteiger partial charge in [0.2, 0.25) is 5.91 Å². The van der Waals surface area contributed by atoms with Crippen molar-refractivity contribution in [3.63, 3.8) is 0 Å². The molecule has 1 amide bonds. The van der Waals surface area contributed by atoms with Crippen molar-refractivity contribution in [2.24, 2.45) is 0 Å². The number of rotatable bonds is 4. The van der Waals surface area contributed by atoms with Gasteiger partial charge in [0.05, 0.1) is 12.2 Å². The Kier molecular flexibility index (Phi) is 4.15. The zero-order valence-electron chi connectivity index (χ0n) is 9.20. The van der Waals surface area contributed by atoms with Crippen molar-refractivity contribution in [3.8, 4) is 0 Å². The van der Waals surface area contributed by atoms with E-state index in [0.717, 1.165) is 6.42 Å². The van der Waals surface area contributed by atoms with Crippen LogP contribution < -0.4 is 5.32 Å². The molecule has 0 radical (unpaired) electrons. The summed E-state index contributed by atoms with van der Waals surface area (Å²) in [6, 6.07) is 2.03. The molecule has 1 heterocycles. The van der Waals surface area contributed by atoms with E-state index in [0.29, 0.717) is 5.82 Å². The summed E-state index contributed by atoms with van der Waals surface area (Å²) in [6.45, 7) is 5.76. The molecule has 1 aromatic rings. The summed E-state index contributed by atoms with van der Waals surface area (Å²) in [7, 11) is 0. The van der Waals surface area contributed by atoms with Crippen LogP contribution in [0.15, 0.2) is 12.3 Å². The minimum atomic E-state index is -0.537. The standard InChI is InChI=1S/C10H16ClN3O/c1-4-7(2)14-9(5-6-12-14)13-10(15)8(3)11/h5-8H,4H2,1-3H3,(H,13,15)/t7-,8-/m1/s1. The van der Waals surface area contributed by atoms with E-state index >= 15 is 0 Å². The van der Waals surface area contributed by atoms with Crippen LogP contribution in [0.2, 0.25) is 0 Å². The van der Waals surface area contributed by atoms with Crippen molar-refractivity contribution in [1.29, 1.82) is 0 Å². The third-order valence-corrected chi connectivity index (χ3v) is 2.49. The number of hydrogen-bond donors (Lipinski definition) is 1. The summed E-state index contributed by atoms with van der Waals surface area (Å²) >= 11 is 5.67. The lowest BCUT2D eigenvalue weighted by atomic mass is 10.3. The van der Waals surface area contributed by atoms with Gasteiger partial charge < -0.3 is 5.32 Å². The maximum absolute atomic E-state index is 11.4. The highest BCUT2D eigenvalue weighted by atomic mass is 35.5. The number of nitrogens with one attached hydrogen (secondary N) is 1. The number of carbonyl (C=O) groups excluding carboxylic acids is 1. The Balaban J connectivity index is 2.77. The van der Waals surface area contributed by atoms with E-state index < -0.39 is 5.38 Å². The molecule has 0 bridgehead atoms. The molecule has 1 N–H and O–H groups in total. The van der Waals surface area contributed by atoms with E-state index in [-0.39, 0.29) is 11.9 Å². The smallest absolute Gasteiger partial charge is 0.243 e. The Hall–Kier alpha value is -1.03. The molecule has 0 saturated heterocycles. The Morgan fingerprint density at radius 2 is 2.33 bits per heavy atom. The van der Waals surface area contributed by atoms with Crippen molar-refractivity contribution in [2.45, 2.75) is 38.6 Å². The van der Waals surface area contributed by atoms with Gasteiger partial charge in [0, 0.05) is 6.07 Å². The fraction of sp³-hybridized carbons (Fsp3) is 0.600. The molecule has 1 aromatic heterocycles. The van der Waals surface area contributed by atoms with Gasteiger partial charge in [-0.2, -0.15) is 5.10 Å². The van der Waals surface area contributed by atoms with E-state index in [4.69, 9.17) is 11.6 Å². The maximum Gasteiger partial charge on any atom is 0.243 e. The van der Waals surface area contributed by atoms with E-state index in [1.165, 1.54) is 0 Å². The number of hydrogen-bond acceptors (Lipinski definition) is 2. The SMILES string of the molecule is CC[C@@H](C)n1nccc1NC(=O)[C@@H](C)Cl. The fourth-order valence-electron chi connectivity index (χ4n) is 1.16. The maximum atomic E-state index is 11.4. The van der Waals surface area contributed by atoms with Crippen LogP contribution in [0.25, 0.3) is 0 Å². The average molecular weight is 230 g/mol. The zero-order valence-corrected chi connectivity index (χ0v) is 9.95. The number of nitrogens with zero attached hydrogens (tertiary/aromatic N) is 2. The first-order valence-electron chi connectivity index (χ1n) is 5.04. The topological polar surface area (TPSA) is 46.9 Å². The van der Waals surface area contributed by atoms with Gasteiger partial charge in [0.1, 0.15) is 11.2 Å². The number of anilines is 1. The highest BCUT2D eigenvalue weighted by Crippen LogP contribution is 2.16. The molecule has 0 fully saturated rings. The van der Waals surface area contributed by atoms with E-state index in [2.05, 4.69) is 17.3 Å². The Labute approximate surface area is 94.6 Å². The molecule has 0 unspecified atom stereocenters. The summed E-state index contributed by atoms with van der Waals surface area (Å²) < 4.78 is 1.79. The molecule has 0 aliphatic rings. The van der Waals surface area contributed by atoms with Gasteiger partial charge in [-0.3, -0.25) is 4.79 Å². The molecule has 0 aliphatic carbocycles. The predicted octanol–water partition coefficient (Wildman–Crippen LogP) is 2.42. The van der Waals surface area contributed by atoms with Crippen LogP contribution in [-0.4, -0.2) is 21.1 Å². The van der Waals surface area contributed by atoms with Crippen LogP contribution in [0, 0.1) is 0 Å². The summed E-state index contributed by atoms with van der Waals surface area (Å²) in [5.74, 6) is 0.489. The average Bonchev–Trinajstić information content (AvgIpc) is 2.64. The normalized spacial score (nSPS) is 14.7. The molecule has 1 rings (SSSR count). The second-order valence-corrected chi connectivity index (χ2v) is 4.18. The molecule has 4 nitrogen and oxygen atoms in total. The van der Waals surface area contributed by atoms with Crippen LogP contribution in [0.5, 0.6) is 0 Å². The van der Waals surface area contributed by atoms with Gasteiger partial charge in [0.15, 0.2) is 0 Å². The van der Waals surface area contributed by atoms with E-state index in [1.807, 2.05) is 6.92 Å². The highest BCUT2D eigenvalue weighted by Gasteiger charge is 2.13. The molecule has 0 aliphatic heterocycles. The third kappa shape index (κ3) is 2.96. The summed E-state index contributed by atoms with van der Waals surface area (Å²) in [5.41, 5.74) is 0. The van der Waals surface area contributed by atoms with Crippen LogP contribution in [-0.2, 0) is 4.79 Å². The van der Waals surface area contributed by atoms with Gasteiger partial charge >= 0.3 is 0 Å². The second kappa shape index (κ2) is 5.16. The van der Waals surface area contributed by atoms with Crippen molar-refractivity contribution >= 4 is 23.3 Å². The molecule has 0 saturated carbocycles. The van der Waals surface area contributed by atoms with Gasteiger partial charge in [0.25, 0.3) is 0 Å². The minimum absolute atomic E-state index is 0.207. The summed E-state index contributed by atoms with van der Waals surface area (Å²) in [6.07, 6.45) is 2.63. The first kappa shape index (κ1) is 12.0. The van der Waals surface area contributed by atoms with Crippen LogP contribution in [0.3, 0.4) is 0 Å². The Morgan fingerprint density at radius 1 is 1.67 bits per heavy atom. The molecular formula is C10H16ClN3O. The molecule has 15 heavy (non-hydrogen) atoms. The molecule has 2 atom stereocenters. The predicted molar refractivity (Wildman–Crippen MR) is 61.2 cm³/mol.